The maximum absolute atomic E-state index is 12.8. The number of anilines is 1. The van der Waals surface area contributed by atoms with Crippen LogP contribution in [0.2, 0.25) is 5.02 Å². The number of halogens is 5. The summed E-state index contributed by atoms with van der Waals surface area (Å²) in [4.78, 5) is 3.32. The van der Waals surface area contributed by atoms with E-state index >= 15 is 0 Å². The first-order valence-corrected chi connectivity index (χ1v) is 5.95. The number of pyridine rings is 1. The van der Waals surface area contributed by atoms with Crippen LogP contribution in [0.25, 0.3) is 0 Å². The van der Waals surface area contributed by atoms with Gasteiger partial charge >= 0.3 is 6.18 Å². The Morgan fingerprint density at radius 3 is 2.45 bits per heavy atom. The lowest BCUT2D eigenvalue weighted by Gasteiger charge is -2.09. The van der Waals surface area contributed by atoms with Crippen molar-refractivity contribution in [3.63, 3.8) is 0 Å². The van der Waals surface area contributed by atoms with E-state index in [1.54, 1.807) is 0 Å². The molecule has 7 heteroatoms. The number of hydrogen-bond donors (Lipinski definition) is 1. The van der Waals surface area contributed by atoms with Crippen molar-refractivity contribution in [1.82, 2.24) is 4.98 Å². The van der Waals surface area contributed by atoms with Gasteiger partial charge in [0.25, 0.3) is 0 Å². The summed E-state index contributed by atoms with van der Waals surface area (Å²) < 4.78 is 49.8. The number of benzene rings is 1. The van der Waals surface area contributed by atoms with Crippen molar-refractivity contribution in [2.24, 2.45) is 0 Å². The molecule has 0 aliphatic heterocycles. The van der Waals surface area contributed by atoms with E-state index in [1.807, 2.05) is 0 Å². The molecule has 0 aliphatic rings. The molecular formula is C13H9ClF4N2. The predicted molar refractivity (Wildman–Crippen MR) is 68.0 cm³/mol. The maximum Gasteiger partial charge on any atom is 0.433 e. The molecule has 0 bridgehead atoms. The van der Waals surface area contributed by atoms with Gasteiger partial charge in [-0.3, -0.25) is 0 Å². The lowest BCUT2D eigenvalue weighted by Crippen LogP contribution is -2.08. The topological polar surface area (TPSA) is 24.9 Å². The van der Waals surface area contributed by atoms with Gasteiger partial charge in [-0.25, -0.2) is 9.37 Å². The lowest BCUT2D eigenvalue weighted by atomic mass is 10.2. The number of hydrogen-bond acceptors (Lipinski definition) is 2. The molecule has 0 spiro atoms. The van der Waals surface area contributed by atoms with E-state index < -0.39 is 17.7 Å². The normalized spacial score (nSPS) is 11.4. The van der Waals surface area contributed by atoms with E-state index in [0.717, 1.165) is 12.3 Å². The standard InChI is InChI=1S/C13H9ClF4N2/c14-11-5-9(15)2-1-8(11)6-19-10-3-4-12(20-7-10)13(16,17)18/h1-5,7,19H,6H2. The van der Waals surface area contributed by atoms with Crippen molar-refractivity contribution in [3.05, 3.63) is 58.6 Å². The van der Waals surface area contributed by atoms with Crippen molar-refractivity contribution in [1.29, 1.82) is 0 Å². The van der Waals surface area contributed by atoms with Crippen molar-refractivity contribution in [2.45, 2.75) is 12.7 Å². The van der Waals surface area contributed by atoms with E-state index in [9.17, 15) is 17.6 Å². The zero-order valence-corrected chi connectivity index (χ0v) is 10.8. The first-order chi connectivity index (χ1) is 9.36. The second-order valence-electron chi connectivity index (χ2n) is 4.02. The van der Waals surface area contributed by atoms with Gasteiger partial charge in [0, 0.05) is 11.6 Å². The molecule has 1 heterocycles. The average Bonchev–Trinajstić information content (AvgIpc) is 2.37. The Balaban J connectivity index is 2.04. The summed E-state index contributed by atoms with van der Waals surface area (Å²) in [5, 5.41) is 3.11. The molecule has 0 saturated heterocycles. The molecule has 0 atom stereocenters. The third-order valence-electron chi connectivity index (χ3n) is 2.55. The molecule has 0 radical (unpaired) electrons. The van der Waals surface area contributed by atoms with E-state index in [2.05, 4.69) is 10.3 Å². The molecule has 2 rings (SSSR count). The van der Waals surface area contributed by atoms with Crippen LogP contribution in [0, 0.1) is 5.82 Å². The van der Waals surface area contributed by atoms with Gasteiger partial charge in [0.05, 0.1) is 11.9 Å². The number of nitrogens with one attached hydrogen (secondary N) is 1. The Kier molecular flexibility index (Phi) is 4.13. The lowest BCUT2D eigenvalue weighted by molar-refractivity contribution is -0.141. The molecule has 2 nitrogen and oxygen atoms in total. The van der Waals surface area contributed by atoms with Gasteiger partial charge < -0.3 is 5.32 Å². The fourth-order valence-corrected chi connectivity index (χ4v) is 1.76. The number of rotatable bonds is 3. The largest absolute Gasteiger partial charge is 0.433 e. The summed E-state index contributed by atoms with van der Waals surface area (Å²) in [5.41, 5.74) is 0.0919. The third-order valence-corrected chi connectivity index (χ3v) is 2.90. The fraction of sp³-hybridized carbons (Fsp3) is 0.154. The molecular weight excluding hydrogens is 296 g/mol. The van der Waals surface area contributed by atoms with Crippen molar-refractivity contribution >= 4 is 17.3 Å². The van der Waals surface area contributed by atoms with E-state index in [0.29, 0.717) is 11.3 Å². The molecule has 0 aliphatic carbocycles. The van der Waals surface area contributed by atoms with E-state index in [-0.39, 0.29) is 11.6 Å². The van der Waals surface area contributed by atoms with Crippen molar-refractivity contribution < 1.29 is 17.6 Å². The van der Waals surface area contributed by atoms with Gasteiger partial charge in [0.2, 0.25) is 0 Å². The van der Waals surface area contributed by atoms with Crippen LogP contribution in [0.15, 0.2) is 36.5 Å². The second-order valence-corrected chi connectivity index (χ2v) is 4.43. The Bertz CT molecular complexity index is 596. The Hall–Kier alpha value is -1.82. The summed E-state index contributed by atoms with van der Waals surface area (Å²) in [7, 11) is 0. The molecule has 106 valence electrons. The smallest absolute Gasteiger partial charge is 0.380 e. The number of nitrogens with zero attached hydrogens (tertiary/aromatic N) is 1. The molecule has 0 amide bonds. The molecule has 2 aromatic rings. The average molecular weight is 305 g/mol. The molecule has 20 heavy (non-hydrogen) atoms. The zero-order chi connectivity index (χ0) is 14.8. The van der Waals surface area contributed by atoms with Gasteiger partial charge in [-0.05, 0) is 29.8 Å². The molecule has 0 unspecified atom stereocenters. The Labute approximate surface area is 117 Å². The van der Waals surface area contributed by atoms with Gasteiger partial charge in [-0.2, -0.15) is 13.2 Å². The third kappa shape index (κ3) is 3.60. The summed E-state index contributed by atoms with van der Waals surface area (Å²) in [6.07, 6.45) is -3.38. The van der Waals surface area contributed by atoms with Gasteiger partial charge in [0.15, 0.2) is 0 Å². The second kappa shape index (κ2) is 5.66. The Morgan fingerprint density at radius 1 is 1.15 bits per heavy atom. The highest BCUT2D eigenvalue weighted by Crippen LogP contribution is 2.28. The number of alkyl halides is 3. The summed E-state index contributed by atoms with van der Waals surface area (Å²) in [6, 6.07) is 6.08. The van der Waals surface area contributed by atoms with E-state index in [1.165, 1.54) is 24.3 Å². The molecule has 1 aromatic heterocycles. The van der Waals surface area contributed by atoms with Crippen LogP contribution < -0.4 is 5.32 Å². The van der Waals surface area contributed by atoms with Crippen LogP contribution in [-0.2, 0) is 12.7 Å². The minimum Gasteiger partial charge on any atom is -0.380 e. The van der Waals surface area contributed by atoms with Crippen LogP contribution in [0.5, 0.6) is 0 Å². The van der Waals surface area contributed by atoms with Gasteiger partial charge in [0.1, 0.15) is 11.5 Å². The zero-order valence-electron chi connectivity index (χ0n) is 10.0. The highest BCUT2D eigenvalue weighted by Gasteiger charge is 2.31. The van der Waals surface area contributed by atoms with Crippen molar-refractivity contribution in [3.8, 4) is 0 Å². The molecule has 0 fully saturated rings. The Morgan fingerprint density at radius 2 is 1.90 bits per heavy atom. The fourth-order valence-electron chi connectivity index (χ4n) is 1.53. The van der Waals surface area contributed by atoms with Crippen LogP contribution >= 0.6 is 11.6 Å². The monoisotopic (exact) mass is 304 g/mol. The predicted octanol–water partition coefficient (Wildman–Crippen LogP) is 4.51. The quantitative estimate of drug-likeness (QED) is 0.844. The first-order valence-electron chi connectivity index (χ1n) is 5.57. The summed E-state index contributed by atoms with van der Waals surface area (Å²) >= 11 is 5.84. The SMILES string of the molecule is Fc1ccc(CNc2ccc(C(F)(F)F)nc2)c(Cl)c1. The molecule has 1 aromatic carbocycles. The highest BCUT2D eigenvalue weighted by molar-refractivity contribution is 6.31. The van der Waals surface area contributed by atoms with Crippen LogP contribution in [0.1, 0.15) is 11.3 Å². The minimum atomic E-state index is -4.46. The maximum atomic E-state index is 12.8. The molecule has 1 N–H and O–H groups in total. The van der Waals surface area contributed by atoms with E-state index in [4.69, 9.17) is 11.6 Å². The molecule has 0 saturated carbocycles. The summed E-state index contributed by atoms with van der Waals surface area (Å²) in [6.45, 7) is 0.256. The van der Waals surface area contributed by atoms with Gasteiger partial charge in [-0.1, -0.05) is 17.7 Å². The minimum absolute atomic E-state index is 0.248. The van der Waals surface area contributed by atoms with Crippen LogP contribution in [0.4, 0.5) is 23.2 Å². The van der Waals surface area contributed by atoms with Crippen LogP contribution in [-0.4, -0.2) is 4.98 Å². The highest BCUT2D eigenvalue weighted by atomic mass is 35.5. The summed E-state index contributed by atoms with van der Waals surface area (Å²) in [5.74, 6) is -0.449. The first kappa shape index (κ1) is 14.6. The van der Waals surface area contributed by atoms with Crippen LogP contribution in [0.3, 0.4) is 0 Å². The number of aromatic nitrogens is 1. The van der Waals surface area contributed by atoms with Crippen molar-refractivity contribution in [2.75, 3.05) is 5.32 Å². The van der Waals surface area contributed by atoms with Gasteiger partial charge in [-0.15, -0.1) is 0 Å².